The summed E-state index contributed by atoms with van der Waals surface area (Å²) in [6.07, 6.45) is 4.13. The maximum absolute atomic E-state index is 12.1. The minimum absolute atomic E-state index is 0.257. The summed E-state index contributed by atoms with van der Waals surface area (Å²) in [4.78, 5) is 37.2. The first-order valence-corrected chi connectivity index (χ1v) is 7.78. The Morgan fingerprint density at radius 1 is 1.20 bits per heavy atom. The Hall–Kier alpha value is -3.09. The van der Waals surface area contributed by atoms with Gasteiger partial charge in [-0.2, -0.15) is 0 Å². The van der Waals surface area contributed by atoms with Gasteiger partial charge in [-0.3, -0.25) is 14.2 Å². The van der Waals surface area contributed by atoms with Gasteiger partial charge in [-0.25, -0.2) is 4.79 Å². The van der Waals surface area contributed by atoms with Crippen LogP contribution in [-0.4, -0.2) is 40.1 Å². The fourth-order valence-corrected chi connectivity index (χ4v) is 2.17. The number of nitrogens with zero attached hydrogens (tertiary/aromatic N) is 3. The number of carbonyl (C=O) groups excluding carboxylic acids is 1. The standard InChI is InChI=1S/C18H21N3O4/c1-19(11-12-25-15-7-5-4-6-8-15)16(22)10-9-14-13-20(2)18(24)21(3)17(14)23/h4-10,13H,11-12H2,1-3H3. The van der Waals surface area contributed by atoms with Crippen molar-refractivity contribution in [2.45, 2.75) is 0 Å². The summed E-state index contributed by atoms with van der Waals surface area (Å²) in [5.74, 6) is 0.486. The van der Waals surface area contributed by atoms with Crippen LogP contribution in [0.2, 0.25) is 0 Å². The van der Waals surface area contributed by atoms with Crippen molar-refractivity contribution in [3.8, 4) is 5.75 Å². The molecule has 0 aliphatic heterocycles. The molecule has 0 aliphatic carbocycles. The second kappa shape index (κ2) is 8.14. The normalized spacial score (nSPS) is 10.8. The third-order valence-electron chi connectivity index (χ3n) is 3.69. The smallest absolute Gasteiger partial charge is 0.330 e. The Kier molecular flexibility index (Phi) is 5.94. The molecule has 0 radical (unpaired) electrons. The Balaban J connectivity index is 1.96. The summed E-state index contributed by atoms with van der Waals surface area (Å²) in [6, 6.07) is 9.34. The van der Waals surface area contributed by atoms with Crippen LogP contribution in [0.4, 0.5) is 0 Å². The van der Waals surface area contributed by atoms with Crippen LogP contribution in [0, 0.1) is 0 Å². The van der Waals surface area contributed by atoms with Crippen LogP contribution < -0.4 is 16.0 Å². The van der Waals surface area contributed by atoms with Gasteiger partial charge in [-0.05, 0) is 18.2 Å². The van der Waals surface area contributed by atoms with Crippen LogP contribution in [0.15, 0.2) is 52.2 Å². The zero-order valence-electron chi connectivity index (χ0n) is 14.5. The summed E-state index contributed by atoms with van der Waals surface area (Å²) >= 11 is 0. The molecule has 0 fully saturated rings. The number of likely N-dealkylation sites (N-methyl/N-ethyl adjacent to an activating group) is 1. The van der Waals surface area contributed by atoms with E-state index in [0.29, 0.717) is 13.2 Å². The van der Waals surface area contributed by atoms with Gasteiger partial charge in [0.1, 0.15) is 12.4 Å². The Morgan fingerprint density at radius 3 is 2.56 bits per heavy atom. The van der Waals surface area contributed by atoms with E-state index in [4.69, 9.17) is 4.74 Å². The highest BCUT2D eigenvalue weighted by Crippen LogP contribution is 2.07. The Labute approximate surface area is 145 Å². The monoisotopic (exact) mass is 343 g/mol. The topological polar surface area (TPSA) is 73.5 Å². The lowest BCUT2D eigenvalue weighted by Gasteiger charge is -2.15. The van der Waals surface area contributed by atoms with Crippen LogP contribution in [0.3, 0.4) is 0 Å². The molecule has 0 saturated carbocycles. The lowest BCUT2D eigenvalue weighted by molar-refractivity contribution is -0.125. The molecule has 0 N–H and O–H groups in total. The molecular weight excluding hydrogens is 322 g/mol. The minimum atomic E-state index is -0.442. The highest BCUT2D eigenvalue weighted by molar-refractivity contribution is 5.91. The molecule has 0 atom stereocenters. The average molecular weight is 343 g/mol. The largest absolute Gasteiger partial charge is 0.492 e. The van der Waals surface area contributed by atoms with E-state index in [0.717, 1.165) is 10.3 Å². The molecule has 132 valence electrons. The lowest BCUT2D eigenvalue weighted by Crippen LogP contribution is -2.37. The molecule has 0 saturated heterocycles. The number of amides is 1. The molecule has 0 bridgehead atoms. The number of hydrogen-bond donors (Lipinski definition) is 0. The van der Waals surface area contributed by atoms with Crippen molar-refractivity contribution in [3.63, 3.8) is 0 Å². The molecule has 1 aromatic heterocycles. The third kappa shape index (κ3) is 4.69. The van der Waals surface area contributed by atoms with Crippen molar-refractivity contribution in [1.29, 1.82) is 0 Å². The minimum Gasteiger partial charge on any atom is -0.492 e. The molecule has 1 aromatic carbocycles. The summed E-state index contributed by atoms with van der Waals surface area (Å²) in [7, 11) is 4.60. The maximum Gasteiger partial charge on any atom is 0.330 e. The second-order valence-corrected chi connectivity index (χ2v) is 5.60. The Morgan fingerprint density at radius 2 is 1.88 bits per heavy atom. The summed E-state index contributed by atoms with van der Waals surface area (Å²) < 4.78 is 7.84. The van der Waals surface area contributed by atoms with Gasteiger partial charge in [0.15, 0.2) is 0 Å². The van der Waals surface area contributed by atoms with Crippen molar-refractivity contribution < 1.29 is 9.53 Å². The van der Waals surface area contributed by atoms with Crippen LogP contribution in [0.25, 0.3) is 6.08 Å². The quantitative estimate of drug-likeness (QED) is 0.722. The predicted octanol–water partition coefficient (Wildman–Crippen LogP) is 0.635. The zero-order valence-corrected chi connectivity index (χ0v) is 14.5. The predicted molar refractivity (Wildman–Crippen MR) is 95.5 cm³/mol. The third-order valence-corrected chi connectivity index (χ3v) is 3.69. The van der Waals surface area contributed by atoms with Gasteiger partial charge in [-0.1, -0.05) is 18.2 Å². The highest BCUT2D eigenvalue weighted by Gasteiger charge is 2.07. The first-order valence-electron chi connectivity index (χ1n) is 7.78. The second-order valence-electron chi connectivity index (χ2n) is 5.60. The van der Waals surface area contributed by atoms with E-state index in [1.165, 1.54) is 34.9 Å². The van der Waals surface area contributed by atoms with Crippen LogP contribution >= 0.6 is 0 Å². The molecule has 2 rings (SSSR count). The number of rotatable bonds is 6. The number of aromatic nitrogens is 2. The SMILES string of the molecule is CN(CCOc1ccccc1)C(=O)C=Cc1cn(C)c(=O)n(C)c1=O. The van der Waals surface area contributed by atoms with Gasteiger partial charge < -0.3 is 14.2 Å². The first kappa shape index (κ1) is 18.3. The van der Waals surface area contributed by atoms with Gasteiger partial charge in [-0.15, -0.1) is 0 Å². The molecule has 0 spiro atoms. The van der Waals surface area contributed by atoms with Gasteiger partial charge in [0.2, 0.25) is 5.91 Å². The molecule has 0 aliphatic rings. The number of hydrogen-bond acceptors (Lipinski definition) is 4. The maximum atomic E-state index is 12.1. The summed E-state index contributed by atoms with van der Waals surface area (Å²) in [5, 5.41) is 0. The van der Waals surface area contributed by atoms with Crippen LogP contribution in [0.1, 0.15) is 5.56 Å². The van der Waals surface area contributed by atoms with Crippen molar-refractivity contribution in [2.24, 2.45) is 14.1 Å². The van der Waals surface area contributed by atoms with Crippen molar-refractivity contribution in [3.05, 3.63) is 69.0 Å². The summed E-state index contributed by atoms with van der Waals surface area (Å²) in [5.41, 5.74) is -0.585. The number of aryl methyl sites for hydroxylation is 1. The number of ether oxygens (including phenoxy) is 1. The molecule has 2 aromatic rings. The van der Waals surface area contributed by atoms with Crippen molar-refractivity contribution in [2.75, 3.05) is 20.2 Å². The molecule has 1 heterocycles. The average Bonchev–Trinajstić information content (AvgIpc) is 2.62. The fraction of sp³-hybridized carbons (Fsp3) is 0.278. The molecule has 25 heavy (non-hydrogen) atoms. The number of para-hydroxylation sites is 1. The van der Waals surface area contributed by atoms with E-state index >= 15 is 0 Å². The zero-order chi connectivity index (χ0) is 18.4. The van der Waals surface area contributed by atoms with Crippen LogP contribution in [0.5, 0.6) is 5.75 Å². The van der Waals surface area contributed by atoms with E-state index in [9.17, 15) is 14.4 Å². The van der Waals surface area contributed by atoms with Crippen LogP contribution in [-0.2, 0) is 18.9 Å². The van der Waals surface area contributed by atoms with E-state index in [2.05, 4.69) is 0 Å². The van der Waals surface area contributed by atoms with Gasteiger partial charge in [0, 0.05) is 33.4 Å². The van der Waals surface area contributed by atoms with E-state index in [1.54, 1.807) is 14.1 Å². The highest BCUT2D eigenvalue weighted by atomic mass is 16.5. The van der Waals surface area contributed by atoms with E-state index in [-0.39, 0.29) is 11.5 Å². The van der Waals surface area contributed by atoms with E-state index in [1.807, 2.05) is 30.3 Å². The molecule has 7 nitrogen and oxygen atoms in total. The molecule has 7 heteroatoms. The van der Waals surface area contributed by atoms with Crippen molar-refractivity contribution in [1.82, 2.24) is 14.0 Å². The fourth-order valence-electron chi connectivity index (χ4n) is 2.17. The molecular formula is C18H21N3O4. The van der Waals surface area contributed by atoms with Gasteiger partial charge >= 0.3 is 5.69 Å². The van der Waals surface area contributed by atoms with E-state index < -0.39 is 11.2 Å². The number of benzene rings is 1. The lowest BCUT2D eigenvalue weighted by atomic mass is 10.3. The van der Waals surface area contributed by atoms with Gasteiger partial charge in [0.05, 0.1) is 12.1 Å². The van der Waals surface area contributed by atoms with Crippen molar-refractivity contribution >= 4 is 12.0 Å². The van der Waals surface area contributed by atoms with Gasteiger partial charge in [0.25, 0.3) is 5.56 Å². The first-order chi connectivity index (χ1) is 11.9. The summed E-state index contributed by atoms with van der Waals surface area (Å²) in [6.45, 7) is 0.769. The number of carbonyl (C=O) groups is 1. The molecule has 1 amide bonds. The Bertz CT molecular complexity index is 881. The molecule has 0 unspecified atom stereocenters.